The lowest BCUT2D eigenvalue weighted by Crippen LogP contribution is -2.35. The zero-order chi connectivity index (χ0) is 29.4. The van der Waals surface area contributed by atoms with Crippen LogP contribution in [-0.4, -0.2) is 28.8 Å². The highest BCUT2D eigenvalue weighted by molar-refractivity contribution is 5.99. The van der Waals surface area contributed by atoms with E-state index in [4.69, 9.17) is 9.47 Å². The third-order valence-electron chi connectivity index (χ3n) is 6.24. The maximum absolute atomic E-state index is 13.8. The predicted octanol–water partition coefficient (Wildman–Crippen LogP) is 7.01. The van der Waals surface area contributed by atoms with Crippen LogP contribution < -0.4 is 10.9 Å². The van der Waals surface area contributed by atoms with Crippen LogP contribution in [0.2, 0.25) is 0 Å². The molecule has 2 aromatic carbocycles. The molecule has 0 spiro atoms. The number of ether oxygens (including phenoxy) is 2. The second kappa shape index (κ2) is 13.5. The lowest BCUT2D eigenvalue weighted by atomic mass is 9.94. The Morgan fingerprint density at radius 3 is 2.38 bits per heavy atom. The Kier molecular flexibility index (Phi) is 10.3. The van der Waals surface area contributed by atoms with E-state index in [2.05, 4.69) is 19.2 Å². The molecule has 0 unspecified atom stereocenters. The summed E-state index contributed by atoms with van der Waals surface area (Å²) in [5, 5.41) is 4.18. The molecule has 1 N–H and O–H groups in total. The van der Waals surface area contributed by atoms with Gasteiger partial charge in [-0.15, -0.1) is 0 Å². The zero-order valence-corrected chi connectivity index (χ0v) is 24.8. The number of amides is 1. The van der Waals surface area contributed by atoms with Crippen molar-refractivity contribution in [3.8, 4) is 11.1 Å². The van der Waals surface area contributed by atoms with Crippen molar-refractivity contribution in [1.82, 2.24) is 9.88 Å². The first-order chi connectivity index (χ1) is 18.9. The van der Waals surface area contributed by atoms with E-state index in [9.17, 15) is 14.4 Å². The first-order valence-electron chi connectivity index (χ1n) is 14.0. The van der Waals surface area contributed by atoms with E-state index < -0.39 is 17.7 Å². The lowest BCUT2D eigenvalue weighted by Gasteiger charge is -2.23. The smallest absolute Gasteiger partial charge is 0.407 e. The van der Waals surface area contributed by atoms with E-state index in [0.29, 0.717) is 24.2 Å². The average molecular weight is 547 g/mol. The number of nitrogens with one attached hydrogen (secondary N) is 1. The average Bonchev–Trinajstić information content (AvgIpc) is 2.87. The van der Waals surface area contributed by atoms with Crippen molar-refractivity contribution in [2.24, 2.45) is 5.92 Å². The topological polar surface area (TPSA) is 86.6 Å². The number of aryl methyl sites for hydroxylation is 1. The van der Waals surface area contributed by atoms with Crippen molar-refractivity contribution in [1.29, 1.82) is 0 Å². The van der Waals surface area contributed by atoms with Gasteiger partial charge in [0.1, 0.15) is 5.60 Å². The minimum absolute atomic E-state index is 0.111. The number of unbranched alkanes of at least 4 members (excludes halogenated alkanes) is 1. The summed E-state index contributed by atoms with van der Waals surface area (Å²) in [6.07, 6.45) is 4.32. The van der Waals surface area contributed by atoms with Crippen LogP contribution in [0.15, 0.2) is 53.3 Å². The molecule has 7 heteroatoms. The van der Waals surface area contributed by atoms with Crippen LogP contribution in [0, 0.1) is 12.8 Å². The number of fused-ring (bicyclic) bond motifs is 1. The minimum Gasteiger partial charge on any atom is -0.463 e. The number of hydrogen-bond acceptors (Lipinski definition) is 5. The molecule has 0 aliphatic carbocycles. The highest BCUT2D eigenvalue weighted by Crippen LogP contribution is 2.32. The van der Waals surface area contributed by atoms with E-state index in [1.165, 1.54) is 6.08 Å². The summed E-state index contributed by atoms with van der Waals surface area (Å²) in [7, 11) is 0. The SMILES string of the molecule is CCCCOC(=O)C=Cc1ccc2c(=O)n(CC(C)C)c(CNC(=O)OC(C)(C)C)c(-c3ccc(C)cc3)c2c1. The first-order valence-corrected chi connectivity index (χ1v) is 14.0. The molecule has 0 saturated heterocycles. The van der Waals surface area contributed by atoms with Crippen LogP contribution in [0.1, 0.15) is 71.2 Å². The molecule has 0 aliphatic heterocycles. The Bertz CT molecular complexity index is 1430. The van der Waals surface area contributed by atoms with Gasteiger partial charge in [0.15, 0.2) is 0 Å². The number of pyridine rings is 1. The Balaban J connectivity index is 2.20. The summed E-state index contributed by atoms with van der Waals surface area (Å²) in [6, 6.07) is 13.7. The number of carbonyl (C=O) groups excluding carboxylic acids is 2. The van der Waals surface area contributed by atoms with Crippen molar-refractivity contribution >= 4 is 28.9 Å². The molecule has 0 saturated carbocycles. The van der Waals surface area contributed by atoms with Crippen molar-refractivity contribution in [2.75, 3.05) is 6.61 Å². The maximum atomic E-state index is 13.8. The standard InChI is InChI=1S/C33H42N2O5/c1-8-9-18-39-29(36)17-13-24-12-16-26-27(19-24)30(25-14-10-23(4)11-15-25)28(35(31(26)37)21-22(2)3)20-34-32(38)40-33(5,6)7/h10-17,19,22H,8-9,18,20-21H2,1-7H3,(H,34,38). The normalized spacial score (nSPS) is 11.8. The molecule has 0 aliphatic rings. The van der Waals surface area contributed by atoms with Crippen LogP contribution in [0.25, 0.3) is 28.0 Å². The van der Waals surface area contributed by atoms with E-state index in [1.54, 1.807) is 16.7 Å². The predicted molar refractivity (Wildman–Crippen MR) is 161 cm³/mol. The van der Waals surface area contributed by atoms with Gasteiger partial charge in [0.05, 0.1) is 13.2 Å². The molecule has 214 valence electrons. The van der Waals surface area contributed by atoms with Crippen molar-refractivity contribution in [2.45, 2.75) is 80.0 Å². The van der Waals surface area contributed by atoms with Crippen LogP contribution in [-0.2, 0) is 27.4 Å². The fourth-order valence-corrected chi connectivity index (χ4v) is 4.40. The van der Waals surface area contributed by atoms with E-state index in [-0.39, 0.29) is 18.0 Å². The van der Waals surface area contributed by atoms with Crippen molar-refractivity contribution < 1.29 is 19.1 Å². The summed E-state index contributed by atoms with van der Waals surface area (Å²) in [5.74, 6) is -0.205. The number of hydrogen-bond donors (Lipinski definition) is 1. The highest BCUT2D eigenvalue weighted by Gasteiger charge is 2.21. The van der Waals surface area contributed by atoms with Gasteiger partial charge in [0.2, 0.25) is 0 Å². The summed E-state index contributed by atoms with van der Waals surface area (Å²) >= 11 is 0. The number of rotatable bonds is 10. The van der Waals surface area contributed by atoms with Gasteiger partial charge in [-0.1, -0.05) is 63.1 Å². The van der Waals surface area contributed by atoms with Crippen LogP contribution in [0.5, 0.6) is 0 Å². The molecule has 1 aromatic heterocycles. The van der Waals surface area contributed by atoms with Crippen molar-refractivity contribution in [3.63, 3.8) is 0 Å². The van der Waals surface area contributed by atoms with Gasteiger partial charge in [0, 0.05) is 29.3 Å². The van der Waals surface area contributed by atoms with Gasteiger partial charge in [0.25, 0.3) is 5.56 Å². The molecular weight excluding hydrogens is 504 g/mol. The Hall–Kier alpha value is -3.87. The molecule has 7 nitrogen and oxygen atoms in total. The Labute approximate surface area is 237 Å². The fraction of sp³-hybridized carbons (Fsp3) is 0.424. The summed E-state index contributed by atoms with van der Waals surface area (Å²) in [5.41, 5.74) is 3.57. The number of carbonyl (C=O) groups is 2. The molecule has 3 aromatic rings. The second-order valence-electron chi connectivity index (χ2n) is 11.5. The lowest BCUT2D eigenvalue weighted by molar-refractivity contribution is -0.137. The van der Waals surface area contributed by atoms with E-state index >= 15 is 0 Å². The second-order valence-corrected chi connectivity index (χ2v) is 11.5. The first kappa shape index (κ1) is 30.7. The van der Waals surface area contributed by atoms with E-state index in [0.717, 1.165) is 40.5 Å². The number of benzene rings is 2. The third-order valence-corrected chi connectivity index (χ3v) is 6.24. The molecule has 3 rings (SSSR count). The molecule has 1 amide bonds. The number of aromatic nitrogens is 1. The molecule has 40 heavy (non-hydrogen) atoms. The highest BCUT2D eigenvalue weighted by atomic mass is 16.6. The number of esters is 1. The Morgan fingerprint density at radius 1 is 1.05 bits per heavy atom. The monoisotopic (exact) mass is 546 g/mol. The summed E-state index contributed by atoms with van der Waals surface area (Å²) < 4.78 is 12.5. The summed E-state index contributed by atoms with van der Waals surface area (Å²) in [4.78, 5) is 38.6. The molecule has 0 bridgehead atoms. The zero-order valence-electron chi connectivity index (χ0n) is 24.8. The number of alkyl carbamates (subject to hydrolysis) is 1. The molecular formula is C33H42N2O5. The number of nitrogens with zero attached hydrogens (tertiary/aromatic N) is 1. The van der Waals surface area contributed by atoms with Gasteiger partial charge in [-0.3, -0.25) is 4.79 Å². The molecule has 0 radical (unpaired) electrons. The van der Waals surface area contributed by atoms with Gasteiger partial charge < -0.3 is 19.4 Å². The van der Waals surface area contributed by atoms with Crippen LogP contribution >= 0.6 is 0 Å². The molecule has 1 heterocycles. The maximum Gasteiger partial charge on any atom is 0.407 e. The molecule has 0 atom stereocenters. The van der Waals surface area contributed by atoms with Gasteiger partial charge in [-0.05, 0) is 74.8 Å². The Morgan fingerprint density at radius 2 is 1.75 bits per heavy atom. The van der Waals surface area contributed by atoms with Crippen molar-refractivity contribution in [3.05, 3.63) is 75.7 Å². The quantitative estimate of drug-likeness (QED) is 0.168. The van der Waals surface area contributed by atoms with Crippen LogP contribution in [0.3, 0.4) is 0 Å². The largest absolute Gasteiger partial charge is 0.463 e. The fourth-order valence-electron chi connectivity index (χ4n) is 4.40. The third kappa shape index (κ3) is 8.31. The van der Waals surface area contributed by atoms with E-state index in [1.807, 2.05) is 71.0 Å². The van der Waals surface area contributed by atoms with Crippen LogP contribution in [0.4, 0.5) is 4.79 Å². The minimum atomic E-state index is -0.649. The van der Waals surface area contributed by atoms with Gasteiger partial charge in [-0.25, -0.2) is 9.59 Å². The van der Waals surface area contributed by atoms with Gasteiger partial charge in [-0.2, -0.15) is 0 Å². The molecule has 0 fully saturated rings. The van der Waals surface area contributed by atoms with Gasteiger partial charge >= 0.3 is 12.1 Å². The summed E-state index contributed by atoms with van der Waals surface area (Å²) in [6.45, 7) is 14.6.